The number of nitrogens with one attached hydrogen (secondary N) is 1. The van der Waals surface area contributed by atoms with Gasteiger partial charge < -0.3 is 19.7 Å². The van der Waals surface area contributed by atoms with Gasteiger partial charge in [-0.05, 0) is 88.6 Å². The van der Waals surface area contributed by atoms with Gasteiger partial charge in [0.05, 0.1) is 40.9 Å². The minimum Gasteiger partial charge on any atom is -0.444 e. The number of pyridine rings is 1. The number of benzene rings is 1. The number of allylic oxidation sites excluding steroid dienone is 1. The van der Waals surface area contributed by atoms with Crippen LogP contribution in [0.25, 0.3) is 16.5 Å². The van der Waals surface area contributed by atoms with Crippen molar-refractivity contribution in [2.24, 2.45) is 0 Å². The summed E-state index contributed by atoms with van der Waals surface area (Å²) < 4.78 is 69.8. The lowest BCUT2D eigenvalue weighted by atomic mass is 9.90. The van der Waals surface area contributed by atoms with Crippen LogP contribution in [0.1, 0.15) is 82.3 Å². The number of hydrogen-bond donors (Lipinski definition) is 1. The second kappa shape index (κ2) is 11.7. The molecule has 0 bridgehead atoms. The Labute approximate surface area is 253 Å². The summed E-state index contributed by atoms with van der Waals surface area (Å²) in [6, 6.07) is 6.99. The third-order valence-corrected chi connectivity index (χ3v) is 8.23. The highest BCUT2D eigenvalue weighted by Gasteiger charge is 2.35. The Kier molecular flexibility index (Phi) is 8.06. The molecular formula is C32H37F4N5O3. The van der Waals surface area contributed by atoms with Gasteiger partial charge in [0.25, 0.3) is 0 Å². The lowest BCUT2D eigenvalue weighted by Crippen LogP contribution is -2.57. The molecule has 1 atom stereocenters. The van der Waals surface area contributed by atoms with Crippen molar-refractivity contribution >= 4 is 28.3 Å². The molecule has 3 aliphatic rings. The van der Waals surface area contributed by atoms with E-state index in [9.17, 15) is 18.0 Å². The van der Waals surface area contributed by atoms with Crippen LogP contribution in [-0.2, 0) is 15.9 Å². The molecule has 0 saturated carbocycles. The number of rotatable bonds is 5. The average molecular weight is 616 g/mol. The molecule has 0 spiro atoms. The first kappa shape index (κ1) is 30.4. The van der Waals surface area contributed by atoms with Gasteiger partial charge in [0, 0.05) is 25.3 Å². The molecule has 44 heavy (non-hydrogen) atoms. The maximum absolute atomic E-state index is 15.5. The molecule has 2 aliphatic heterocycles. The van der Waals surface area contributed by atoms with E-state index in [1.807, 2.05) is 20.8 Å². The van der Waals surface area contributed by atoms with Crippen molar-refractivity contribution in [3.63, 3.8) is 0 Å². The lowest BCUT2D eigenvalue weighted by molar-refractivity contribution is -0.127. The monoisotopic (exact) mass is 615 g/mol. The van der Waals surface area contributed by atoms with Crippen LogP contribution in [0.2, 0.25) is 0 Å². The van der Waals surface area contributed by atoms with Gasteiger partial charge in [-0.15, -0.1) is 5.10 Å². The van der Waals surface area contributed by atoms with E-state index in [1.54, 1.807) is 40.0 Å². The van der Waals surface area contributed by atoms with Crippen LogP contribution in [0.15, 0.2) is 36.0 Å². The standard InChI is InChI=1S/C32H37F4N5O3/c1-31(2,3)44-30(42)40-17-21(18-40)38-20-10-12-24(37-16-20)27-19(15-32(34,35)36)7-6-8-22-23(27)11-13-25-28(22)29(33)39-41(25)26-9-4-5-14-43-26/h10-13,16,21,26,38H,4-9,14-15,17-18H2,1-3H3. The lowest BCUT2D eigenvalue weighted by Gasteiger charge is -2.40. The highest BCUT2D eigenvalue weighted by Crippen LogP contribution is 2.42. The molecule has 1 N–H and O–H groups in total. The van der Waals surface area contributed by atoms with E-state index in [0.29, 0.717) is 71.5 Å². The second-order valence-corrected chi connectivity index (χ2v) is 12.8. The number of likely N-dealkylation sites (tertiary alicyclic amines) is 1. The summed E-state index contributed by atoms with van der Waals surface area (Å²) in [7, 11) is 0. The van der Waals surface area contributed by atoms with E-state index in [-0.39, 0.29) is 30.4 Å². The van der Waals surface area contributed by atoms with Gasteiger partial charge in [-0.2, -0.15) is 17.6 Å². The molecule has 1 unspecified atom stereocenters. The quantitative estimate of drug-likeness (QED) is 0.302. The van der Waals surface area contributed by atoms with Crippen molar-refractivity contribution < 1.29 is 31.8 Å². The predicted molar refractivity (Wildman–Crippen MR) is 158 cm³/mol. The van der Waals surface area contributed by atoms with Crippen LogP contribution in [0, 0.1) is 5.95 Å². The summed E-state index contributed by atoms with van der Waals surface area (Å²) in [6.45, 7) is 6.95. The molecule has 8 nitrogen and oxygen atoms in total. The fourth-order valence-electron chi connectivity index (χ4n) is 6.33. The first-order valence-electron chi connectivity index (χ1n) is 15.2. The minimum atomic E-state index is -4.41. The largest absolute Gasteiger partial charge is 0.444 e. The van der Waals surface area contributed by atoms with Crippen molar-refractivity contribution in [1.29, 1.82) is 0 Å². The molecule has 2 saturated heterocycles. The van der Waals surface area contributed by atoms with Crippen LogP contribution in [0.4, 0.5) is 28.0 Å². The molecule has 3 aromatic rings. The van der Waals surface area contributed by atoms with Crippen LogP contribution in [-0.4, -0.2) is 63.3 Å². The number of ether oxygens (including phenoxy) is 2. The SMILES string of the molecule is CC(C)(C)OC(=O)N1CC(Nc2ccc(C3=C(CC(F)(F)F)CCCc4c3ccc3c4c(F)nn3C3CCCCO3)nc2)C1. The highest BCUT2D eigenvalue weighted by atomic mass is 19.4. The average Bonchev–Trinajstić information content (AvgIpc) is 3.16. The van der Waals surface area contributed by atoms with Crippen molar-refractivity contribution in [2.75, 3.05) is 25.0 Å². The third kappa shape index (κ3) is 6.40. The van der Waals surface area contributed by atoms with Gasteiger partial charge in [0.1, 0.15) is 5.60 Å². The van der Waals surface area contributed by atoms with E-state index in [0.717, 1.165) is 19.3 Å². The van der Waals surface area contributed by atoms with Gasteiger partial charge in [-0.1, -0.05) is 11.6 Å². The first-order chi connectivity index (χ1) is 20.9. The normalized spacial score (nSPS) is 19.9. The molecule has 236 valence electrons. The van der Waals surface area contributed by atoms with Crippen molar-refractivity contribution in [1.82, 2.24) is 19.7 Å². The Morgan fingerprint density at radius 3 is 2.55 bits per heavy atom. The van der Waals surface area contributed by atoms with Gasteiger partial charge in [0.15, 0.2) is 6.23 Å². The molecule has 12 heteroatoms. The summed E-state index contributed by atoms with van der Waals surface area (Å²) in [5.41, 5.74) is 2.92. The number of carbonyl (C=O) groups is 1. The van der Waals surface area contributed by atoms with E-state index < -0.39 is 24.1 Å². The number of alkyl halides is 3. The molecule has 1 aliphatic carbocycles. The zero-order chi connectivity index (χ0) is 31.2. The van der Waals surface area contributed by atoms with E-state index in [2.05, 4.69) is 15.4 Å². The molecule has 0 radical (unpaired) electrons. The van der Waals surface area contributed by atoms with Crippen molar-refractivity contribution in [3.8, 4) is 0 Å². The van der Waals surface area contributed by atoms with E-state index >= 15 is 4.39 Å². The first-order valence-corrected chi connectivity index (χ1v) is 15.2. The molecule has 2 aromatic heterocycles. The Bertz CT molecular complexity index is 1560. The Hall–Kier alpha value is -3.67. The maximum Gasteiger partial charge on any atom is 0.410 e. The number of nitrogens with zero attached hydrogens (tertiary/aromatic N) is 4. The van der Waals surface area contributed by atoms with Crippen LogP contribution in [0.5, 0.6) is 0 Å². The Morgan fingerprint density at radius 2 is 1.89 bits per heavy atom. The molecule has 4 heterocycles. The number of hydrogen-bond acceptors (Lipinski definition) is 6. The summed E-state index contributed by atoms with van der Waals surface area (Å²) >= 11 is 0. The number of carbonyl (C=O) groups excluding carboxylic acids is 1. The van der Waals surface area contributed by atoms with Crippen LogP contribution in [0.3, 0.4) is 0 Å². The summed E-state index contributed by atoms with van der Waals surface area (Å²) in [5, 5.41) is 7.84. The smallest absolute Gasteiger partial charge is 0.410 e. The van der Waals surface area contributed by atoms with Gasteiger partial charge in [0.2, 0.25) is 5.95 Å². The van der Waals surface area contributed by atoms with Gasteiger partial charge in [-0.3, -0.25) is 4.98 Å². The number of aromatic nitrogens is 3. The maximum atomic E-state index is 15.5. The van der Waals surface area contributed by atoms with Crippen molar-refractivity contribution in [3.05, 3.63) is 58.8 Å². The zero-order valence-electron chi connectivity index (χ0n) is 25.1. The minimum absolute atomic E-state index is 0.00489. The molecule has 2 fully saturated rings. The molecule has 6 rings (SSSR count). The predicted octanol–water partition coefficient (Wildman–Crippen LogP) is 7.39. The Morgan fingerprint density at radius 1 is 1.09 bits per heavy atom. The Balaban J connectivity index is 1.30. The molecule has 1 amide bonds. The fraction of sp³-hybridized carbons (Fsp3) is 0.531. The fourth-order valence-corrected chi connectivity index (χ4v) is 6.33. The van der Waals surface area contributed by atoms with Gasteiger partial charge in [-0.25, -0.2) is 9.48 Å². The molecule has 1 aromatic carbocycles. The van der Waals surface area contributed by atoms with E-state index in [1.165, 1.54) is 0 Å². The summed E-state index contributed by atoms with van der Waals surface area (Å²) in [5.74, 6) is -0.641. The third-order valence-electron chi connectivity index (χ3n) is 8.23. The zero-order valence-corrected chi connectivity index (χ0v) is 25.1. The van der Waals surface area contributed by atoms with Gasteiger partial charge >= 0.3 is 12.3 Å². The summed E-state index contributed by atoms with van der Waals surface area (Å²) in [6.07, 6.45) is -0.936. The van der Waals surface area contributed by atoms with E-state index in [4.69, 9.17) is 9.47 Å². The topological polar surface area (TPSA) is 81.5 Å². The summed E-state index contributed by atoms with van der Waals surface area (Å²) in [4.78, 5) is 18.4. The molecular weight excluding hydrogens is 578 g/mol. The van der Waals surface area contributed by atoms with Crippen LogP contribution < -0.4 is 5.32 Å². The number of aryl methyl sites for hydroxylation is 1. The van der Waals surface area contributed by atoms with Crippen molar-refractivity contribution in [2.45, 2.75) is 89.8 Å². The number of amides is 1. The number of anilines is 1. The highest BCUT2D eigenvalue weighted by molar-refractivity contribution is 5.93. The second-order valence-electron chi connectivity index (χ2n) is 12.8. The number of fused-ring (bicyclic) bond motifs is 3. The number of halogens is 4. The van der Waals surface area contributed by atoms with Crippen LogP contribution >= 0.6 is 0 Å².